The summed E-state index contributed by atoms with van der Waals surface area (Å²) in [6.45, 7) is 1.62. The minimum atomic E-state index is -1.11. The molecule has 1 aliphatic carbocycles. The fraction of sp³-hybridized carbons (Fsp3) is 0.385. The molecular weight excluding hydrogens is 218 g/mol. The predicted molar refractivity (Wildman–Crippen MR) is 61.6 cm³/mol. The molecule has 1 aliphatic heterocycles. The second-order valence-corrected chi connectivity index (χ2v) is 4.85. The van der Waals surface area contributed by atoms with Crippen molar-refractivity contribution in [2.75, 3.05) is 0 Å². The molecule has 1 heterocycles. The number of rotatable bonds is 1. The second-order valence-electron chi connectivity index (χ2n) is 4.85. The number of Topliss-reactive ketones (excluding diaryl/α,β-unsaturated/α-hetero) is 1. The molecule has 4 nitrogen and oxygen atoms in total. The molecule has 0 amide bonds. The van der Waals surface area contributed by atoms with Crippen LogP contribution in [0.4, 0.5) is 0 Å². The van der Waals surface area contributed by atoms with Crippen LogP contribution in [0.15, 0.2) is 35.5 Å². The summed E-state index contributed by atoms with van der Waals surface area (Å²) in [6.07, 6.45) is -0.404. The van der Waals surface area contributed by atoms with Gasteiger partial charge < -0.3 is 9.94 Å². The zero-order valence-electron chi connectivity index (χ0n) is 9.46. The predicted octanol–water partition coefficient (Wildman–Crippen LogP) is 1.13. The monoisotopic (exact) mass is 231 g/mol. The van der Waals surface area contributed by atoms with Crippen molar-refractivity contribution in [1.82, 2.24) is 0 Å². The highest BCUT2D eigenvalue weighted by Gasteiger charge is 2.56. The van der Waals surface area contributed by atoms with Crippen molar-refractivity contribution in [3.63, 3.8) is 0 Å². The molecule has 0 aromatic heterocycles. The molecule has 1 N–H and O–H groups in total. The summed E-state index contributed by atoms with van der Waals surface area (Å²) in [5.41, 5.74) is 0.409. The molecule has 0 bridgehead atoms. The van der Waals surface area contributed by atoms with Crippen molar-refractivity contribution < 1.29 is 14.7 Å². The number of benzene rings is 1. The molecule has 4 heteroatoms. The highest BCUT2D eigenvalue weighted by atomic mass is 16.7. The number of fused-ring (bicyclic) bond motifs is 1. The third-order valence-electron chi connectivity index (χ3n) is 3.42. The van der Waals surface area contributed by atoms with E-state index in [1.165, 1.54) is 0 Å². The van der Waals surface area contributed by atoms with E-state index in [2.05, 4.69) is 5.16 Å². The fourth-order valence-corrected chi connectivity index (χ4v) is 2.57. The summed E-state index contributed by atoms with van der Waals surface area (Å²) in [7, 11) is 0. The maximum Gasteiger partial charge on any atom is 0.171 e. The van der Waals surface area contributed by atoms with Gasteiger partial charge in [-0.1, -0.05) is 35.5 Å². The molecule has 3 rings (SSSR count). The van der Waals surface area contributed by atoms with E-state index in [4.69, 9.17) is 4.84 Å². The maximum atomic E-state index is 11.9. The molecule has 17 heavy (non-hydrogen) atoms. The standard InChI is InChI=1S/C13H13NO3/c1-13(16)7-9(15)10-11(14-17-12(10)13)8-5-3-2-4-6-8/h2-6,10,12,16H,7H2,1H3/t10-,12+,13+/m0/s1. The first kappa shape index (κ1) is 10.5. The van der Waals surface area contributed by atoms with Crippen LogP contribution in [0.25, 0.3) is 0 Å². The second kappa shape index (κ2) is 3.40. The number of nitrogens with zero attached hydrogens (tertiary/aromatic N) is 1. The topological polar surface area (TPSA) is 58.9 Å². The summed E-state index contributed by atoms with van der Waals surface area (Å²) in [6, 6.07) is 9.48. The van der Waals surface area contributed by atoms with Gasteiger partial charge in [0.05, 0.1) is 0 Å². The van der Waals surface area contributed by atoms with Gasteiger partial charge in [-0.3, -0.25) is 4.79 Å². The van der Waals surface area contributed by atoms with Gasteiger partial charge in [-0.2, -0.15) is 0 Å². The van der Waals surface area contributed by atoms with Crippen molar-refractivity contribution in [2.24, 2.45) is 11.1 Å². The molecule has 0 saturated heterocycles. The summed E-state index contributed by atoms with van der Waals surface area (Å²) in [4.78, 5) is 17.2. The van der Waals surface area contributed by atoms with Gasteiger partial charge in [0.25, 0.3) is 0 Å². The van der Waals surface area contributed by atoms with E-state index in [0.29, 0.717) is 5.71 Å². The number of carbonyl (C=O) groups is 1. The first-order chi connectivity index (χ1) is 8.09. The van der Waals surface area contributed by atoms with Gasteiger partial charge in [-0.05, 0) is 6.92 Å². The Kier molecular flexibility index (Phi) is 2.10. The molecule has 2 aliphatic rings. The summed E-state index contributed by atoms with van der Waals surface area (Å²) in [5.74, 6) is -0.424. The molecular formula is C13H13NO3. The van der Waals surface area contributed by atoms with Gasteiger partial charge in [-0.25, -0.2) is 0 Å². The Hall–Kier alpha value is -1.68. The maximum absolute atomic E-state index is 11.9. The molecule has 88 valence electrons. The zero-order valence-corrected chi connectivity index (χ0v) is 9.46. The van der Waals surface area contributed by atoms with Crippen LogP contribution in [0.1, 0.15) is 18.9 Å². The Labute approximate surface area is 98.9 Å². The molecule has 1 fully saturated rings. The van der Waals surface area contributed by atoms with Crippen LogP contribution in [0.3, 0.4) is 0 Å². The quantitative estimate of drug-likeness (QED) is 0.788. The van der Waals surface area contributed by atoms with Crippen LogP contribution in [0.5, 0.6) is 0 Å². The van der Waals surface area contributed by atoms with Crippen LogP contribution in [0.2, 0.25) is 0 Å². The van der Waals surface area contributed by atoms with Crippen molar-refractivity contribution in [2.45, 2.75) is 25.0 Å². The Morgan fingerprint density at radius 3 is 2.82 bits per heavy atom. The Bertz CT molecular complexity index is 493. The van der Waals surface area contributed by atoms with Gasteiger partial charge in [0.2, 0.25) is 0 Å². The minimum absolute atomic E-state index is 0.0000954. The Morgan fingerprint density at radius 1 is 1.41 bits per heavy atom. The third-order valence-corrected chi connectivity index (χ3v) is 3.42. The Balaban J connectivity index is 1.99. The lowest BCUT2D eigenvalue weighted by Gasteiger charge is -2.20. The smallest absolute Gasteiger partial charge is 0.171 e. The summed E-state index contributed by atoms with van der Waals surface area (Å²) < 4.78 is 0. The largest absolute Gasteiger partial charge is 0.388 e. The van der Waals surface area contributed by atoms with Gasteiger partial charge in [0.1, 0.15) is 23.0 Å². The lowest BCUT2D eigenvalue weighted by Crippen LogP contribution is -2.37. The van der Waals surface area contributed by atoms with E-state index in [1.807, 2.05) is 30.3 Å². The lowest BCUT2D eigenvalue weighted by atomic mass is 9.91. The Morgan fingerprint density at radius 2 is 2.12 bits per heavy atom. The number of ketones is 1. The highest BCUT2D eigenvalue weighted by molar-refractivity contribution is 6.16. The van der Waals surface area contributed by atoms with E-state index < -0.39 is 17.6 Å². The SMILES string of the molecule is C[C@@]1(O)CC(=O)[C@H]2C(c3ccccc3)=NO[C@H]21. The fourth-order valence-electron chi connectivity index (χ4n) is 2.57. The first-order valence-electron chi connectivity index (χ1n) is 5.64. The van der Waals surface area contributed by atoms with Crippen molar-refractivity contribution >= 4 is 11.5 Å². The van der Waals surface area contributed by atoms with Crippen LogP contribution in [-0.4, -0.2) is 28.3 Å². The third kappa shape index (κ3) is 1.48. The number of oxime groups is 1. The molecule has 0 spiro atoms. The van der Waals surface area contributed by atoms with Gasteiger partial charge in [0, 0.05) is 12.0 Å². The minimum Gasteiger partial charge on any atom is -0.388 e. The van der Waals surface area contributed by atoms with Crippen LogP contribution in [0, 0.1) is 5.92 Å². The average Bonchev–Trinajstić information content (AvgIpc) is 2.82. The van der Waals surface area contributed by atoms with E-state index in [9.17, 15) is 9.90 Å². The normalized spacial score (nSPS) is 35.4. The lowest BCUT2D eigenvalue weighted by molar-refractivity contribution is -0.119. The average molecular weight is 231 g/mol. The number of aliphatic hydroxyl groups is 1. The molecule has 1 aromatic rings. The summed E-state index contributed by atoms with van der Waals surface area (Å²) in [5, 5.41) is 14.1. The molecule has 1 aromatic carbocycles. The van der Waals surface area contributed by atoms with Crippen LogP contribution < -0.4 is 0 Å². The van der Waals surface area contributed by atoms with Crippen LogP contribution in [-0.2, 0) is 9.63 Å². The molecule has 3 atom stereocenters. The van der Waals surface area contributed by atoms with E-state index >= 15 is 0 Å². The molecule has 0 unspecified atom stereocenters. The summed E-state index contributed by atoms with van der Waals surface area (Å²) >= 11 is 0. The van der Waals surface area contributed by atoms with Crippen LogP contribution >= 0.6 is 0 Å². The van der Waals surface area contributed by atoms with Gasteiger partial charge in [-0.15, -0.1) is 0 Å². The van der Waals surface area contributed by atoms with E-state index in [1.54, 1.807) is 6.92 Å². The van der Waals surface area contributed by atoms with E-state index in [-0.39, 0.29) is 12.2 Å². The van der Waals surface area contributed by atoms with Crippen molar-refractivity contribution in [3.05, 3.63) is 35.9 Å². The zero-order chi connectivity index (χ0) is 12.0. The molecule has 0 radical (unpaired) electrons. The van der Waals surface area contributed by atoms with Crippen molar-refractivity contribution in [3.8, 4) is 0 Å². The highest BCUT2D eigenvalue weighted by Crippen LogP contribution is 2.40. The number of hydrogen-bond acceptors (Lipinski definition) is 4. The van der Waals surface area contributed by atoms with Crippen molar-refractivity contribution in [1.29, 1.82) is 0 Å². The number of carbonyl (C=O) groups excluding carboxylic acids is 1. The van der Waals surface area contributed by atoms with Gasteiger partial charge >= 0.3 is 0 Å². The van der Waals surface area contributed by atoms with Gasteiger partial charge in [0.15, 0.2) is 6.10 Å². The van der Waals surface area contributed by atoms with E-state index in [0.717, 1.165) is 5.56 Å². The molecule has 1 saturated carbocycles. The number of hydrogen-bond donors (Lipinski definition) is 1. The first-order valence-corrected chi connectivity index (χ1v) is 5.64.